The molecule has 4 fully saturated rings. The van der Waals surface area contributed by atoms with Crippen LogP contribution in [0.25, 0.3) is 21.8 Å². The smallest absolute Gasteiger partial charge is 0.301 e. The zero-order valence-corrected chi connectivity index (χ0v) is 37.6. The van der Waals surface area contributed by atoms with Crippen LogP contribution in [0, 0.1) is 28.4 Å². The van der Waals surface area contributed by atoms with Crippen LogP contribution in [0.4, 0.5) is 20.3 Å². The number of aliphatic hydroxyl groups excluding tert-OH is 1. The van der Waals surface area contributed by atoms with Gasteiger partial charge < -0.3 is 25.0 Å². The van der Waals surface area contributed by atoms with Crippen molar-refractivity contribution in [2.75, 3.05) is 42.8 Å². The molecule has 0 radical (unpaired) electrons. The maximum Gasteiger partial charge on any atom is 0.301 e. The number of ether oxygens (including phenoxy) is 1. The Morgan fingerprint density at radius 3 is 2.40 bits per heavy atom. The number of aryl methyl sites for hydroxylation is 1. The van der Waals surface area contributed by atoms with Gasteiger partial charge in [0.05, 0.1) is 28.4 Å². The fourth-order valence-electron chi connectivity index (χ4n) is 10.6. The van der Waals surface area contributed by atoms with Crippen LogP contribution < -0.4 is 25.2 Å². The molecule has 65 heavy (non-hydrogen) atoms. The number of aliphatic hydroxyl groups is 1. The Kier molecular flexibility index (Phi) is 12.1. The Bertz CT molecular complexity index is 2860. The number of amides is 1. The van der Waals surface area contributed by atoms with E-state index in [1.165, 1.54) is 25.2 Å². The van der Waals surface area contributed by atoms with E-state index >= 15 is 8.78 Å². The Morgan fingerprint density at radius 1 is 0.969 bits per heavy atom. The molecule has 1 spiro atoms. The van der Waals surface area contributed by atoms with Crippen LogP contribution in [-0.2, 0) is 22.1 Å². The molecule has 9 rings (SSSR count). The lowest BCUT2D eigenvalue weighted by Crippen LogP contribution is -2.54. The molecule has 19 heteroatoms. The Morgan fingerprint density at radius 2 is 1.71 bits per heavy atom. The predicted octanol–water partition coefficient (Wildman–Crippen LogP) is 6.36. The van der Waals surface area contributed by atoms with Crippen LogP contribution in [-0.4, -0.2) is 93.6 Å². The second kappa shape index (κ2) is 17.6. The minimum atomic E-state index is -4.01. The molecular weight excluding hydrogens is 859 g/mol. The van der Waals surface area contributed by atoms with E-state index < -0.39 is 28.1 Å². The Balaban J connectivity index is 0.810. The number of halogens is 2. The summed E-state index contributed by atoms with van der Waals surface area (Å²) in [5.74, 6) is -1.19. The number of anilines is 2. The fraction of sp³-hybridized carbons (Fsp3) is 0.500. The van der Waals surface area contributed by atoms with Crippen LogP contribution in [0.15, 0.2) is 53.6 Å². The van der Waals surface area contributed by atoms with E-state index in [1.807, 2.05) is 19.2 Å². The number of aromatic nitrogens is 4. The topological polar surface area (TPSA) is 191 Å². The number of nitriles is 1. The summed E-state index contributed by atoms with van der Waals surface area (Å²) < 4.78 is 69.0. The van der Waals surface area contributed by atoms with Crippen molar-refractivity contribution in [3.63, 3.8) is 0 Å². The van der Waals surface area contributed by atoms with E-state index in [0.29, 0.717) is 34.9 Å². The van der Waals surface area contributed by atoms with Crippen molar-refractivity contribution in [2.24, 2.45) is 12.5 Å². The van der Waals surface area contributed by atoms with Gasteiger partial charge in [-0.2, -0.15) is 23.1 Å². The van der Waals surface area contributed by atoms with Crippen molar-refractivity contribution in [3.05, 3.63) is 81.9 Å². The van der Waals surface area contributed by atoms with Crippen molar-refractivity contribution in [1.29, 1.82) is 5.26 Å². The van der Waals surface area contributed by atoms with E-state index in [9.17, 15) is 28.4 Å². The zero-order chi connectivity index (χ0) is 45.8. The van der Waals surface area contributed by atoms with Gasteiger partial charge in [-0.25, -0.2) is 13.8 Å². The maximum absolute atomic E-state index is 15.8. The summed E-state index contributed by atoms with van der Waals surface area (Å²) in [6.45, 7) is 4.15. The zero-order valence-electron chi connectivity index (χ0n) is 36.8. The minimum absolute atomic E-state index is 0.0342. The molecule has 2 saturated heterocycles. The van der Waals surface area contributed by atoms with Crippen molar-refractivity contribution < 1.29 is 31.8 Å². The first-order valence-electron chi connectivity index (χ1n) is 22.5. The van der Waals surface area contributed by atoms with Gasteiger partial charge in [-0.3, -0.25) is 23.6 Å². The van der Waals surface area contributed by atoms with E-state index in [4.69, 9.17) is 4.74 Å². The van der Waals surface area contributed by atoms with E-state index in [1.54, 1.807) is 33.5 Å². The quantitative estimate of drug-likeness (QED) is 0.141. The minimum Gasteiger partial charge on any atom is -0.453 e. The Hall–Kier alpha value is -5.68. The highest BCUT2D eigenvalue weighted by molar-refractivity contribution is 7.90. The summed E-state index contributed by atoms with van der Waals surface area (Å²) in [5.41, 5.74) is 1.44. The summed E-state index contributed by atoms with van der Waals surface area (Å²) in [7, 11) is -0.821. The number of piperidine rings is 1. The molecule has 16 nitrogen and oxygen atoms in total. The summed E-state index contributed by atoms with van der Waals surface area (Å²) in [6, 6.07) is 12.5. The van der Waals surface area contributed by atoms with Gasteiger partial charge in [-0.05, 0) is 137 Å². The first kappa shape index (κ1) is 44.5. The maximum atomic E-state index is 15.8. The van der Waals surface area contributed by atoms with Crippen LogP contribution in [0.1, 0.15) is 101 Å². The number of benzene rings is 3. The van der Waals surface area contributed by atoms with Crippen molar-refractivity contribution in [1.82, 2.24) is 33.9 Å². The van der Waals surface area contributed by atoms with E-state index in [0.717, 1.165) is 99.3 Å². The van der Waals surface area contributed by atoms with Crippen molar-refractivity contribution >= 4 is 49.4 Å². The second-order valence-corrected chi connectivity index (χ2v) is 19.9. The lowest BCUT2D eigenvalue weighted by molar-refractivity contribution is -0.125. The monoisotopic (exact) mass is 912 g/mol. The molecule has 2 aliphatic carbocycles. The van der Waals surface area contributed by atoms with E-state index in [-0.39, 0.29) is 70.0 Å². The third-order valence-electron chi connectivity index (χ3n) is 14.6. The summed E-state index contributed by atoms with van der Waals surface area (Å²) in [6.07, 6.45) is 10.2. The largest absolute Gasteiger partial charge is 0.453 e. The van der Waals surface area contributed by atoms with Gasteiger partial charge in [-0.1, -0.05) is 6.92 Å². The van der Waals surface area contributed by atoms with Gasteiger partial charge in [0.1, 0.15) is 23.2 Å². The van der Waals surface area contributed by atoms with Crippen LogP contribution in [0.5, 0.6) is 11.5 Å². The number of nitrogens with one attached hydrogen (secondary N) is 2. The molecule has 2 aliphatic heterocycles. The normalized spacial score (nSPS) is 22.1. The lowest BCUT2D eigenvalue weighted by atomic mass is 9.66. The molecule has 3 aromatic carbocycles. The SMILES string of the molecule is CCN(C)S(=O)(=O)Nc1ccc(F)c(Oc2ccc3ncn(C4CCC5(CC4)CCN(C4CCC(c6cc7c(cc6F)c(N6CCC(=O)NC6O)nn7C)CC4)CC5)c(=O)c3c2)c1C#N. The Labute approximate surface area is 375 Å². The van der Waals surface area contributed by atoms with Crippen LogP contribution >= 0.6 is 0 Å². The summed E-state index contributed by atoms with van der Waals surface area (Å²) >= 11 is 0. The fourth-order valence-corrected chi connectivity index (χ4v) is 11.5. The number of fused-ring (bicyclic) bond motifs is 2. The second-order valence-electron chi connectivity index (χ2n) is 18.2. The molecule has 344 valence electrons. The highest BCUT2D eigenvalue weighted by Gasteiger charge is 2.41. The molecule has 2 aromatic heterocycles. The van der Waals surface area contributed by atoms with E-state index in [2.05, 4.69) is 25.0 Å². The van der Waals surface area contributed by atoms with Crippen molar-refractivity contribution in [2.45, 2.75) is 102 Å². The number of hydrogen-bond donors (Lipinski definition) is 3. The van der Waals surface area contributed by atoms with Gasteiger partial charge >= 0.3 is 10.2 Å². The molecule has 3 N–H and O–H groups in total. The number of likely N-dealkylation sites (tertiary alicyclic amines) is 1. The molecule has 4 aliphatic rings. The first-order valence-corrected chi connectivity index (χ1v) is 23.9. The third kappa shape index (κ3) is 8.52. The molecular formula is C46H54F2N10O6S. The highest BCUT2D eigenvalue weighted by Crippen LogP contribution is 2.49. The number of nitrogens with zero attached hydrogens (tertiary/aromatic N) is 8. The number of carbonyl (C=O) groups excluding carboxylic acids is 1. The van der Waals surface area contributed by atoms with Gasteiger partial charge in [0, 0.05) is 51.1 Å². The molecule has 1 atom stereocenters. The summed E-state index contributed by atoms with van der Waals surface area (Å²) in [4.78, 5) is 34.6. The molecule has 1 unspecified atom stereocenters. The molecule has 1 amide bonds. The third-order valence-corrected chi connectivity index (χ3v) is 16.2. The number of rotatable bonds is 10. The van der Waals surface area contributed by atoms with Gasteiger partial charge in [0.2, 0.25) is 12.3 Å². The van der Waals surface area contributed by atoms with Crippen LogP contribution in [0.3, 0.4) is 0 Å². The number of carbonyl (C=O) groups is 1. The number of hydrogen-bond acceptors (Lipinski definition) is 11. The molecule has 5 aromatic rings. The lowest BCUT2D eigenvalue weighted by Gasteiger charge is -2.48. The van der Waals surface area contributed by atoms with Gasteiger partial charge in [0.15, 0.2) is 17.4 Å². The highest BCUT2D eigenvalue weighted by atomic mass is 32.2. The van der Waals surface area contributed by atoms with Crippen LogP contribution in [0.2, 0.25) is 0 Å². The standard InChI is InChI=1S/C46H54F2N10O6S/c1-4-54(2)65(62,63)53-39-12-10-36(47)42(35(39)26-49)64-31-9-11-38-33(23-31)44(60)58(27-50-38)30-13-16-46(17-14-30)18-21-56(22-19-46)29-7-5-28(6-8-29)32-25-40-34(24-37(32)48)43(52-55(40)3)57-20-15-41(59)51-45(57)61/h9-12,23-25,27-30,45,53,61H,4-8,13-22H2,1-3H3,(H,51,59). The van der Waals surface area contributed by atoms with Crippen molar-refractivity contribution in [3.8, 4) is 17.6 Å². The molecule has 2 saturated carbocycles. The summed E-state index contributed by atoms with van der Waals surface area (Å²) in [5, 5.41) is 28.4. The predicted molar refractivity (Wildman–Crippen MR) is 241 cm³/mol. The average Bonchev–Trinajstić information content (AvgIpc) is 3.61. The first-order chi connectivity index (χ1) is 31.2. The van der Waals surface area contributed by atoms with Gasteiger partial charge in [0.25, 0.3) is 5.56 Å². The van der Waals surface area contributed by atoms with Gasteiger partial charge in [-0.15, -0.1) is 0 Å². The molecule has 4 heterocycles. The molecule has 0 bridgehead atoms. The average molecular weight is 913 g/mol.